The average molecular weight is 366 g/mol. The number of pyridine rings is 1. The van der Waals surface area contributed by atoms with Crippen LogP contribution in [0.5, 0.6) is 0 Å². The van der Waals surface area contributed by atoms with Gasteiger partial charge in [0.2, 0.25) is 0 Å². The third kappa shape index (κ3) is 4.67. The van der Waals surface area contributed by atoms with Crippen molar-refractivity contribution in [1.82, 2.24) is 9.38 Å². The number of hydrogen-bond donors (Lipinski definition) is 3. The molecule has 142 valence electrons. The number of aromatic nitrogens is 2. The van der Waals surface area contributed by atoms with Gasteiger partial charge in [0.15, 0.2) is 0 Å². The molecule has 0 atom stereocenters. The Morgan fingerprint density at radius 3 is 2.52 bits per heavy atom. The highest BCUT2D eigenvalue weighted by Crippen LogP contribution is 2.41. The molecule has 7 heteroatoms. The van der Waals surface area contributed by atoms with E-state index in [4.69, 9.17) is 17.2 Å². The summed E-state index contributed by atoms with van der Waals surface area (Å²) in [6.45, 7) is 4.25. The van der Waals surface area contributed by atoms with Crippen LogP contribution in [0.25, 0.3) is 5.52 Å². The summed E-state index contributed by atoms with van der Waals surface area (Å²) in [4.78, 5) is 19.4. The highest BCUT2D eigenvalue weighted by Gasteiger charge is 2.26. The van der Waals surface area contributed by atoms with Gasteiger partial charge in [-0.15, -0.1) is 0 Å². The number of hydrogen-bond acceptors (Lipinski definition) is 4. The number of imidazole rings is 1. The zero-order valence-corrected chi connectivity index (χ0v) is 16.0. The van der Waals surface area contributed by atoms with E-state index in [0.29, 0.717) is 11.6 Å². The molecule has 6 N–H and O–H groups in total. The number of carbonyl (C=O) groups is 1. The topological polar surface area (TPSA) is 125 Å². The van der Waals surface area contributed by atoms with Crippen LogP contribution in [-0.4, -0.2) is 28.2 Å². The monoisotopic (exact) mass is 366 g/mol. The highest BCUT2D eigenvalue weighted by molar-refractivity contribution is 6.20. The largest absolute Gasteiger partial charge is 0.391 e. The molecule has 1 aliphatic carbocycles. The van der Waals surface area contributed by atoms with Crippen molar-refractivity contribution >= 4 is 17.3 Å². The molecular formula is C20H26N6O. The van der Waals surface area contributed by atoms with Crippen molar-refractivity contribution in [3.63, 3.8) is 0 Å². The van der Waals surface area contributed by atoms with Gasteiger partial charge in [-0.1, -0.05) is 26.3 Å². The standard InChI is InChI=1S/C17H18N6O.C3H8/c1-21-16(19)15(17(20)24)13(18)7-5-11-4-6-12(10-2-3-10)14-8-22-9-23(11)14;1-3-2/h4,6,8-10H,2-3,18H2,1H3,(H2,19,21)(H2,20,24);3H2,1-2H3/b15-13+;. The Morgan fingerprint density at radius 2 is 1.96 bits per heavy atom. The Balaban J connectivity index is 0.000000817. The summed E-state index contributed by atoms with van der Waals surface area (Å²) in [5.41, 5.74) is 19.8. The molecule has 0 bridgehead atoms. The molecule has 2 aromatic heterocycles. The van der Waals surface area contributed by atoms with E-state index in [1.165, 1.54) is 31.9 Å². The van der Waals surface area contributed by atoms with Gasteiger partial charge in [-0.05, 0) is 42.2 Å². The fraction of sp³-hybridized carbons (Fsp3) is 0.350. The molecule has 0 radical (unpaired) electrons. The van der Waals surface area contributed by atoms with Gasteiger partial charge in [0.05, 0.1) is 23.1 Å². The average Bonchev–Trinajstić information content (AvgIpc) is 3.35. The second-order valence-electron chi connectivity index (χ2n) is 6.32. The van der Waals surface area contributed by atoms with Gasteiger partial charge in [-0.2, -0.15) is 0 Å². The van der Waals surface area contributed by atoms with Crippen LogP contribution in [0.1, 0.15) is 50.3 Å². The summed E-state index contributed by atoms with van der Waals surface area (Å²) in [6, 6.07) is 3.99. The van der Waals surface area contributed by atoms with E-state index in [1.54, 1.807) is 6.33 Å². The molecule has 1 amide bonds. The number of allylic oxidation sites excluding steroid dienone is 1. The molecule has 1 fully saturated rings. The van der Waals surface area contributed by atoms with Crippen LogP contribution >= 0.6 is 0 Å². The van der Waals surface area contributed by atoms with Crippen molar-refractivity contribution < 1.29 is 4.79 Å². The van der Waals surface area contributed by atoms with E-state index in [0.717, 1.165) is 5.52 Å². The van der Waals surface area contributed by atoms with Crippen LogP contribution in [0.2, 0.25) is 0 Å². The lowest BCUT2D eigenvalue weighted by atomic mass is 10.1. The molecule has 1 aliphatic rings. The van der Waals surface area contributed by atoms with E-state index in [2.05, 4.69) is 41.7 Å². The van der Waals surface area contributed by atoms with Crippen molar-refractivity contribution in [1.29, 1.82) is 0 Å². The maximum Gasteiger partial charge on any atom is 0.255 e. The molecule has 0 aromatic carbocycles. The Kier molecular flexibility index (Phi) is 6.61. The van der Waals surface area contributed by atoms with E-state index in [-0.39, 0.29) is 17.1 Å². The van der Waals surface area contributed by atoms with Gasteiger partial charge < -0.3 is 17.2 Å². The molecular weight excluding hydrogens is 340 g/mol. The normalized spacial score (nSPS) is 14.6. The van der Waals surface area contributed by atoms with Gasteiger partial charge >= 0.3 is 0 Å². The van der Waals surface area contributed by atoms with Crippen molar-refractivity contribution in [2.45, 2.75) is 39.0 Å². The van der Waals surface area contributed by atoms with E-state index in [1.807, 2.05) is 16.7 Å². The first-order valence-electron chi connectivity index (χ1n) is 8.93. The number of fused-ring (bicyclic) bond motifs is 1. The fourth-order valence-corrected chi connectivity index (χ4v) is 2.58. The first-order valence-corrected chi connectivity index (χ1v) is 8.93. The Labute approximate surface area is 159 Å². The lowest BCUT2D eigenvalue weighted by molar-refractivity contribution is -0.114. The maximum absolute atomic E-state index is 11.5. The van der Waals surface area contributed by atoms with Crippen LogP contribution in [-0.2, 0) is 4.79 Å². The molecule has 7 nitrogen and oxygen atoms in total. The third-order valence-electron chi connectivity index (χ3n) is 3.97. The van der Waals surface area contributed by atoms with Gasteiger partial charge in [-0.25, -0.2) is 4.98 Å². The predicted octanol–water partition coefficient (Wildman–Crippen LogP) is 1.66. The van der Waals surface area contributed by atoms with Crippen LogP contribution in [0.15, 0.2) is 40.9 Å². The summed E-state index contributed by atoms with van der Waals surface area (Å²) >= 11 is 0. The minimum Gasteiger partial charge on any atom is -0.391 e. The lowest BCUT2D eigenvalue weighted by Crippen LogP contribution is -2.29. The molecule has 3 rings (SSSR count). The molecule has 2 aromatic rings. The SMILES string of the molecule is CCC.CN=C(N)/C(C(N)=O)=C(\N)C#Cc1ccc(C2CC2)c2cncn12. The van der Waals surface area contributed by atoms with Gasteiger partial charge in [-0.3, -0.25) is 14.2 Å². The van der Waals surface area contributed by atoms with Crippen LogP contribution in [0, 0.1) is 11.8 Å². The van der Waals surface area contributed by atoms with Crippen molar-refractivity contribution in [3.8, 4) is 11.8 Å². The van der Waals surface area contributed by atoms with E-state index < -0.39 is 5.91 Å². The zero-order chi connectivity index (χ0) is 20.0. The number of nitrogens with two attached hydrogens (primary N) is 3. The Hall–Kier alpha value is -3.27. The quantitative estimate of drug-likeness (QED) is 0.331. The summed E-state index contributed by atoms with van der Waals surface area (Å²) in [5, 5.41) is 0. The minimum absolute atomic E-state index is 0.00913. The minimum atomic E-state index is -0.762. The number of amidine groups is 1. The molecule has 27 heavy (non-hydrogen) atoms. The summed E-state index contributed by atoms with van der Waals surface area (Å²) < 4.78 is 1.91. The first-order chi connectivity index (χ1) is 12.9. The smallest absolute Gasteiger partial charge is 0.255 e. The predicted molar refractivity (Wildman–Crippen MR) is 108 cm³/mol. The molecule has 0 saturated heterocycles. The van der Waals surface area contributed by atoms with E-state index in [9.17, 15) is 4.79 Å². The summed E-state index contributed by atoms with van der Waals surface area (Å²) in [5.74, 6) is 5.50. The van der Waals surface area contributed by atoms with Crippen molar-refractivity contribution in [3.05, 3.63) is 47.2 Å². The van der Waals surface area contributed by atoms with E-state index >= 15 is 0 Å². The highest BCUT2D eigenvalue weighted by atomic mass is 16.1. The number of rotatable bonds is 3. The third-order valence-corrected chi connectivity index (χ3v) is 3.97. The molecule has 2 heterocycles. The van der Waals surface area contributed by atoms with Crippen molar-refractivity contribution in [2.75, 3.05) is 7.05 Å². The van der Waals surface area contributed by atoms with Gasteiger partial charge in [0.25, 0.3) is 5.91 Å². The number of primary amides is 1. The lowest BCUT2D eigenvalue weighted by Gasteiger charge is -2.05. The summed E-state index contributed by atoms with van der Waals surface area (Å²) in [6.07, 6.45) is 7.20. The fourth-order valence-electron chi connectivity index (χ4n) is 2.58. The number of amides is 1. The van der Waals surface area contributed by atoms with Gasteiger partial charge in [0, 0.05) is 7.05 Å². The number of carbonyl (C=O) groups excluding carboxylic acids is 1. The second kappa shape index (κ2) is 8.90. The zero-order valence-electron chi connectivity index (χ0n) is 16.0. The van der Waals surface area contributed by atoms with Crippen molar-refractivity contribution in [2.24, 2.45) is 22.2 Å². The molecule has 0 spiro atoms. The Morgan fingerprint density at radius 1 is 1.30 bits per heavy atom. The molecule has 0 unspecified atom stereocenters. The molecule has 0 aliphatic heterocycles. The summed E-state index contributed by atoms with van der Waals surface area (Å²) in [7, 11) is 1.45. The van der Waals surface area contributed by atoms with Crippen LogP contribution < -0.4 is 17.2 Å². The van der Waals surface area contributed by atoms with Gasteiger partial charge in [0.1, 0.15) is 17.7 Å². The maximum atomic E-state index is 11.5. The van der Waals surface area contributed by atoms with Crippen LogP contribution in [0.4, 0.5) is 0 Å². The Bertz CT molecular complexity index is 954. The molecule has 1 saturated carbocycles. The van der Waals surface area contributed by atoms with Crippen LogP contribution in [0.3, 0.4) is 0 Å². The number of aliphatic imine (C=N–C) groups is 1. The second-order valence-corrected chi connectivity index (χ2v) is 6.32. The number of nitrogens with zero attached hydrogens (tertiary/aromatic N) is 3. The first kappa shape index (κ1) is 20.0.